The number of ether oxygens (including phenoxy) is 1. The summed E-state index contributed by atoms with van der Waals surface area (Å²) < 4.78 is 11.9. The van der Waals surface area contributed by atoms with Gasteiger partial charge in [0.15, 0.2) is 17.6 Å². The number of nitrogens with two attached hydrogens (primary N) is 1. The van der Waals surface area contributed by atoms with Gasteiger partial charge in [-0.1, -0.05) is 18.2 Å². The molecule has 2 heterocycles. The van der Waals surface area contributed by atoms with Crippen molar-refractivity contribution in [3.63, 3.8) is 0 Å². The number of primary amides is 1. The van der Waals surface area contributed by atoms with Gasteiger partial charge in [-0.3, -0.25) is 10.1 Å². The van der Waals surface area contributed by atoms with E-state index >= 15 is 0 Å². The van der Waals surface area contributed by atoms with Gasteiger partial charge >= 0.3 is 12.0 Å². The second kappa shape index (κ2) is 7.56. The molecule has 9 nitrogen and oxygen atoms in total. The summed E-state index contributed by atoms with van der Waals surface area (Å²) in [5, 5.41) is 6.25. The summed E-state index contributed by atoms with van der Waals surface area (Å²) in [7, 11) is 0. The number of nitrogens with one attached hydrogen (secondary N) is 1. The molecule has 0 saturated heterocycles. The summed E-state index contributed by atoms with van der Waals surface area (Å²) in [6.07, 6.45) is 0.265. The van der Waals surface area contributed by atoms with Gasteiger partial charge in [-0.15, -0.1) is 0 Å². The lowest BCUT2D eigenvalue weighted by molar-refractivity contribution is -0.127. The van der Waals surface area contributed by atoms with Crippen LogP contribution < -0.4 is 11.1 Å². The molecule has 0 spiro atoms. The Morgan fingerprint density at radius 1 is 1.19 bits per heavy atom. The number of para-hydroxylation sites is 1. The number of amides is 3. The Morgan fingerprint density at radius 2 is 1.93 bits per heavy atom. The zero-order chi connectivity index (χ0) is 19.4. The lowest BCUT2D eigenvalue weighted by Gasteiger charge is -2.12. The quantitative estimate of drug-likeness (QED) is 0.661. The number of carbonyl (C=O) groups is 3. The minimum Gasteiger partial charge on any atom is -0.463 e. The van der Waals surface area contributed by atoms with Crippen molar-refractivity contribution < 1.29 is 23.5 Å². The largest absolute Gasteiger partial charge is 0.463 e. The Bertz CT molecular complexity index is 963. The van der Waals surface area contributed by atoms with Crippen LogP contribution in [0.2, 0.25) is 0 Å². The van der Waals surface area contributed by atoms with Gasteiger partial charge in [0.2, 0.25) is 0 Å². The van der Waals surface area contributed by atoms with Crippen molar-refractivity contribution in [1.82, 2.24) is 15.1 Å². The van der Waals surface area contributed by atoms with Gasteiger partial charge in [0.05, 0.1) is 12.0 Å². The Labute approximate surface area is 153 Å². The van der Waals surface area contributed by atoms with Crippen LogP contribution in [0.25, 0.3) is 17.1 Å². The van der Waals surface area contributed by atoms with Gasteiger partial charge in [0.25, 0.3) is 5.91 Å². The van der Waals surface area contributed by atoms with Gasteiger partial charge in [-0.25, -0.2) is 14.3 Å². The highest BCUT2D eigenvalue weighted by Crippen LogP contribution is 2.23. The van der Waals surface area contributed by atoms with Crippen molar-refractivity contribution in [2.75, 3.05) is 0 Å². The topological polar surface area (TPSA) is 129 Å². The van der Waals surface area contributed by atoms with Crippen LogP contribution in [-0.4, -0.2) is 33.8 Å². The second-order valence-electron chi connectivity index (χ2n) is 5.54. The van der Waals surface area contributed by atoms with Crippen LogP contribution in [0.5, 0.6) is 0 Å². The minimum atomic E-state index is -1.23. The molecule has 3 rings (SSSR count). The van der Waals surface area contributed by atoms with E-state index in [1.165, 1.54) is 23.9 Å². The number of furan rings is 1. The zero-order valence-electron chi connectivity index (χ0n) is 14.3. The van der Waals surface area contributed by atoms with Crippen molar-refractivity contribution >= 4 is 17.9 Å². The molecule has 0 aliphatic rings. The number of aromatic nitrogens is 2. The van der Waals surface area contributed by atoms with Crippen molar-refractivity contribution in [3.05, 3.63) is 60.5 Å². The molecule has 0 saturated carbocycles. The third kappa shape index (κ3) is 4.03. The van der Waals surface area contributed by atoms with Crippen LogP contribution in [0.15, 0.2) is 59.2 Å². The lowest BCUT2D eigenvalue weighted by Crippen LogP contribution is -2.42. The van der Waals surface area contributed by atoms with E-state index in [0.717, 1.165) is 0 Å². The third-order valence-electron chi connectivity index (χ3n) is 3.59. The molecule has 0 bridgehead atoms. The summed E-state index contributed by atoms with van der Waals surface area (Å²) >= 11 is 0. The van der Waals surface area contributed by atoms with Crippen LogP contribution in [0.3, 0.4) is 0 Å². The SMILES string of the molecule is CC(OC(=O)c1cc(-c2ccco2)nn1-c1ccccc1)C(=O)NC(N)=O. The van der Waals surface area contributed by atoms with E-state index in [1.54, 1.807) is 36.4 Å². The summed E-state index contributed by atoms with van der Waals surface area (Å²) in [4.78, 5) is 35.1. The predicted molar refractivity (Wildman–Crippen MR) is 93.9 cm³/mol. The summed E-state index contributed by atoms with van der Waals surface area (Å²) in [6, 6.07) is 12.8. The molecule has 0 fully saturated rings. The molecule has 0 aliphatic carbocycles. The van der Waals surface area contributed by atoms with E-state index in [9.17, 15) is 14.4 Å². The highest BCUT2D eigenvalue weighted by molar-refractivity contribution is 5.98. The normalized spacial score (nSPS) is 11.6. The van der Waals surface area contributed by atoms with E-state index in [2.05, 4.69) is 5.10 Å². The molecule has 1 aromatic carbocycles. The number of benzene rings is 1. The highest BCUT2D eigenvalue weighted by Gasteiger charge is 2.24. The maximum atomic E-state index is 12.6. The maximum absolute atomic E-state index is 12.6. The Balaban J connectivity index is 1.92. The Kier molecular flexibility index (Phi) is 5.02. The number of carbonyl (C=O) groups excluding carboxylic acids is 3. The van der Waals surface area contributed by atoms with Crippen LogP contribution >= 0.6 is 0 Å². The molecule has 2 aromatic heterocycles. The summed E-state index contributed by atoms with van der Waals surface area (Å²) in [6.45, 7) is 1.33. The average Bonchev–Trinajstić information content (AvgIpc) is 3.31. The first-order chi connectivity index (χ1) is 13.0. The van der Waals surface area contributed by atoms with E-state index in [1.807, 2.05) is 11.4 Å². The molecule has 1 unspecified atom stereocenters. The van der Waals surface area contributed by atoms with Gasteiger partial charge < -0.3 is 14.9 Å². The van der Waals surface area contributed by atoms with Gasteiger partial charge in [-0.05, 0) is 31.2 Å². The van der Waals surface area contributed by atoms with Crippen molar-refractivity contribution in [3.8, 4) is 17.1 Å². The van der Waals surface area contributed by atoms with Gasteiger partial charge in [0.1, 0.15) is 5.69 Å². The standard InChI is InChI=1S/C18H16N4O5/c1-11(16(23)20-18(19)25)27-17(24)14-10-13(15-8-5-9-26-15)21-22(14)12-6-3-2-4-7-12/h2-11H,1H3,(H3,19,20,23,25). The number of esters is 1. The Hall–Kier alpha value is -3.88. The monoisotopic (exact) mass is 368 g/mol. The van der Waals surface area contributed by atoms with Crippen molar-refractivity contribution in [2.24, 2.45) is 5.73 Å². The van der Waals surface area contributed by atoms with E-state index in [0.29, 0.717) is 17.1 Å². The minimum absolute atomic E-state index is 0.0892. The van der Waals surface area contributed by atoms with E-state index in [4.69, 9.17) is 14.9 Å². The summed E-state index contributed by atoms with van der Waals surface area (Å²) in [5.41, 5.74) is 6.03. The zero-order valence-corrected chi connectivity index (χ0v) is 14.3. The number of imide groups is 1. The fourth-order valence-electron chi connectivity index (χ4n) is 2.33. The molecular weight excluding hydrogens is 352 g/mol. The molecule has 1 atom stereocenters. The molecule has 3 N–H and O–H groups in total. The molecule has 0 radical (unpaired) electrons. The first-order valence-electron chi connectivity index (χ1n) is 7.96. The number of rotatable bonds is 5. The first-order valence-corrected chi connectivity index (χ1v) is 7.96. The second-order valence-corrected chi connectivity index (χ2v) is 5.54. The molecule has 9 heteroatoms. The van der Waals surface area contributed by atoms with Crippen LogP contribution in [0.4, 0.5) is 4.79 Å². The van der Waals surface area contributed by atoms with Gasteiger partial charge in [-0.2, -0.15) is 5.10 Å². The summed E-state index contributed by atoms with van der Waals surface area (Å²) in [5.74, 6) is -1.15. The van der Waals surface area contributed by atoms with E-state index < -0.39 is 24.0 Å². The highest BCUT2D eigenvalue weighted by atomic mass is 16.5. The van der Waals surface area contributed by atoms with E-state index in [-0.39, 0.29) is 5.69 Å². The molecule has 3 amide bonds. The number of urea groups is 1. The lowest BCUT2D eigenvalue weighted by atomic mass is 10.3. The molecule has 138 valence electrons. The maximum Gasteiger partial charge on any atom is 0.357 e. The number of nitrogens with zero attached hydrogens (tertiary/aromatic N) is 2. The van der Waals surface area contributed by atoms with Crippen LogP contribution in [0.1, 0.15) is 17.4 Å². The molecule has 3 aromatic rings. The van der Waals surface area contributed by atoms with Crippen LogP contribution in [0, 0.1) is 0 Å². The molecular formula is C18H16N4O5. The number of hydrogen-bond donors (Lipinski definition) is 2. The fraction of sp³-hybridized carbons (Fsp3) is 0.111. The third-order valence-corrected chi connectivity index (χ3v) is 3.59. The molecule has 27 heavy (non-hydrogen) atoms. The van der Waals surface area contributed by atoms with Crippen LogP contribution in [-0.2, 0) is 9.53 Å². The number of hydrogen-bond acceptors (Lipinski definition) is 6. The molecule has 0 aliphatic heterocycles. The Morgan fingerprint density at radius 3 is 2.56 bits per heavy atom. The first kappa shape index (κ1) is 17.9. The van der Waals surface area contributed by atoms with Crippen molar-refractivity contribution in [1.29, 1.82) is 0 Å². The van der Waals surface area contributed by atoms with Gasteiger partial charge in [0, 0.05) is 6.07 Å². The average molecular weight is 368 g/mol. The van der Waals surface area contributed by atoms with Crippen molar-refractivity contribution in [2.45, 2.75) is 13.0 Å². The fourth-order valence-corrected chi connectivity index (χ4v) is 2.33. The predicted octanol–water partition coefficient (Wildman–Crippen LogP) is 1.87. The smallest absolute Gasteiger partial charge is 0.357 e.